The Hall–Kier alpha value is -3.92. The average molecular weight is 629 g/mol. The number of benzene rings is 4. The van der Waals surface area contributed by atoms with E-state index in [2.05, 4.69) is 5.32 Å². The van der Waals surface area contributed by atoms with E-state index in [-0.39, 0.29) is 28.6 Å². The Morgan fingerprint density at radius 3 is 2.07 bits per heavy atom. The Bertz CT molecular complexity index is 1640. The minimum Gasteiger partial charge on any atom is -0.357 e. The normalized spacial score (nSPS) is 11.9. The predicted molar refractivity (Wildman–Crippen MR) is 162 cm³/mol. The predicted octanol–water partition coefficient (Wildman–Crippen LogP) is 5.71. The first-order valence-corrected chi connectivity index (χ1v) is 15.1. The van der Waals surface area contributed by atoms with Gasteiger partial charge in [-0.05, 0) is 53.6 Å². The number of hydrogen-bond acceptors (Lipinski definition) is 4. The number of carbonyl (C=O) groups is 2. The van der Waals surface area contributed by atoms with Crippen molar-refractivity contribution in [3.05, 3.63) is 130 Å². The molecule has 0 heterocycles. The summed E-state index contributed by atoms with van der Waals surface area (Å²) in [7, 11) is -2.84. The fraction of sp³-hybridized carbons (Fsp3) is 0.161. The van der Waals surface area contributed by atoms with Crippen LogP contribution in [0.5, 0.6) is 0 Å². The molecule has 4 aromatic rings. The van der Waals surface area contributed by atoms with Crippen LogP contribution in [0.15, 0.2) is 108 Å². The summed E-state index contributed by atoms with van der Waals surface area (Å²) in [6.07, 6.45) is 0.174. The summed E-state index contributed by atoms with van der Waals surface area (Å²) in [6.45, 7) is -0.695. The summed E-state index contributed by atoms with van der Waals surface area (Å²) < 4.78 is 42.6. The first-order valence-electron chi connectivity index (χ1n) is 12.9. The van der Waals surface area contributed by atoms with E-state index in [0.717, 1.165) is 22.0 Å². The first kappa shape index (κ1) is 31.0. The van der Waals surface area contributed by atoms with Crippen LogP contribution in [0.2, 0.25) is 10.0 Å². The Labute approximate surface area is 254 Å². The molecule has 0 radical (unpaired) electrons. The number of rotatable bonds is 11. The number of likely N-dealkylation sites (N-methyl/N-ethyl adjacent to an activating group) is 1. The van der Waals surface area contributed by atoms with Crippen LogP contribution in [-0.4, -0.2) is 44.8 Å². The highest BCUT2D eigenvalue weighted by Gasteiger charge is 2.34. The third-order valence-corrected chi connectivity index (χ3v) is 8.91. The minimum atomic E-state index is -4.31. The minimum absolute atomic E-state index is 0.00960. The second-order valence-electron chi connectivity index (χ2n) is 9.39. The fourth-order valence-electron chi connectivity index (χ4n) is 4.40. The molecule has 0 aliphatic rings. The molecule has 11 heteroatoms. The quantitative estimate of drug-likeness (QED) is 0.231. The number of hydrogen-bond donors (Lipinski definition) is 1. The molecule has 218 valence electrons. The summed E-state index contributed by atoms with van der Waals surface area (Å²) in [5.41, 5.74) is 1.47. The van der Waals surface area contributed by atoms with Crippen LogP contribution >= 0.6 is 23.2 Å². The number of amides is 2. The van der Waals surface area contributed by atoms with Gasteiger partial charge < -0.3 is 10.2 Å². The molecule has 0 aliphatic carbocycles. The number of nitrogens with one attached hydrogen (secondary N) is 1. The zero-order valence-electron chi connectivity index (χ0n) is 22.6. The topological polar surface area (TPSA) is 86.8 Å². The van der Waals surface area contributed by atoms with E-state index in [1.807, 2.05) is 30.3 Å². The van der Waals surface area contributed by atoms with Gasteiger partial charge in [0, 0.05) is 25.0 Å². The number of sulfonamides is 1. The second-order valence-corrected chi connectivity index (χ2v) is 12.1. The number of anilines is 1. The fourth-order valence-corrected chi connectivity index (χ4v) is 6.12. The highest BCUT2D eigenvalue weighted by molar-refractivity contribution is 7.92. The molecule has 0 spiro atoms. The molecule has 42 heavy (non-hydrogen) atoms. The molecule has 1 N–H and O–H groups in total. The second kappa shape index (κ2) is 13.8. The Morgan fingerprint density at radius 2 is 1.48 bits per heavy atom. The van der Waals surface area contributed by atoms with Crippen LogP contribution in [0, 0.1) is 5.82 Å². The maximum atomic E-state index is 14.2. The molecule has 1 unspecified atom stereocenters. The van der Waals surface area contributed by atoms with Gasteiger partial charge >= 0.3 is 0 Å². The van der Waals surface area contributed by atoms with Crippen LogP contribution in [0.4, 0.5) is 10.1 Å². The summed E-state index contributed by atoms with van der Waals surface area (Å²) in [6, 6.07) is 25.9. The molecule has 1 atom stereocenters. The van der Waals surface area contributed by atoms with Crippen LogP contribution in [0.25, 0.3) is 0 Å². The van der Waals surface area contributed by atoms with Gasteiger partial charge in [0.1, 0.15) is 18.4 Å². The van der Waals surface area contributed by atoms with Crippen molar-refractivity contribution >= 4 is 50.7 Å². The highest BCUT2D eigenvalue weighted by atomic mass is 35.5. The lowest BCUT2D eigenvalue weighted by Gasteiger charge is -2.33. The summed E-state index contributed by atoms with van der Waals surface area (Å²) in [4.78, 5) is 28.7. The monoisotopic (exact) mass is 627 g/mol. The van der Waals surface area contributed by atoms with Gasteiger partial charge in [-0.1, -0.05) is 83.9 Å². The third-order valence-electron chi connectivity index (χ3n) is 6.58. The van der Waals surface area contributed by atoms with E-state index in [1.54, 1.807) is 42.5 Å². The van der Waals surface area contributed by atoms with Crippen molar-refractivity contribution in [3.63, 3.8) is 0 Å². The first-order chi connectivity index (χ1) is 20.1. The molecule has 4 rings (SSSR count). The molecule has 0 saturated heterocycles. The van der Waals surface area contributed by atoms with E-state index in [9.17, 15) is 22.4 Å². The third kappa shape index (κ3) is 7.47. The van der Waals surface area contributed by atoms with Crippen molar-refractivity contribution in [2.45, 2.75) is 23.9 Å². The van der Waals surface area contributed by atoms with E-state index >= 15 is 0 Å². The Morgan fingerprint density at radius 1 is 0.857 bits per heavy atom. The average Bonchev–Trinajstić information content (AvgIpc) is 3.00. The van der Waals surface area contributed by atoms with Crippen LogP contribution in [0.1, 0.15) is 11.1 Å². The highest BCUT2D eigenvalue weighted by Crippen LogP contribution is 2.28. The number of carbonyl (C=O) groups excluding carboxylic acids is 2. The lowest BCUT2D eigenvalue weighted by Crippen LogP contribution is -2.53. The van der Waals surface area contributed by atoms with Gasteiger partial charge in [-0.3, -0.25) is 13.9 Å². The largest absolute Gasteiger partial charge is 0.357 e. The number of nitrogens with zero attached hydrogens (tertiary/aromatic N) is 2. The molecule has 7 nitrogen and oxygen atoms in total. The van der Waals surface area contributed by atoms with Crippen molar-refractivity contribution in [1.29, 1.82) is 0 Å². The van der Waals surface area contributed by atoms with Crippen LogP contribution < -0.4 is 9.62 Å². The molecule has 0 aromatic heterocycles. The van der Waals surface area contributed by atoms with E-state index < -0.39 is 40.2 Å². The van der Waals surface area contributed by atoms with E-state index in [0.29, 0.717) is 10.6 Å². The Balaban J connectivity index is 1.79. The SMILES string of the molecule is CNC(=O)C(Cc1ccccc1)N(Cc1ccc(Cl)cc1)C(=O)CN(c1ccc(F)c(Cl)c1)S(=O)(=O)c1ccccc1. The maximum Gasteiger partial charge on any atom is 0.264 e. The molecule has 4 aromatic carbocycles. The molecule has 0 bridgehead atoms. The molecule has 0 fully saturated rings. The van der Waals surface area contributed by atoms with E-state index in [1.165, 1.54) is 30.1 Å². The van der Waals surface area contributed by atoms with E-state index in [4.69, 9.17) is 23.2 Å². The molecule has 2 amide bonds. The van der Waals surface area contributed by atoms with Gasteiger partial charge in [0.15, 0.2) is 0 Å². The smallest absolute Gasteiger partial charge is 0.264 e. The lowest BCUT2D eigenvalue weighted by atomic mass is 10.0. The zero-order chi connectivity index (χ0) is 30.3. The van der Waals surface area contributed by atoms with Crippen molar-refractivity contribution < 1.29 is 22.4 Å². The van der Waals surface area contributed by atoms with Crippen LogP contribution in [-0.2, 0) is 32.6 Å². The molecular weight excluding hydrogens is 600 g/mol. The molecule has 0 aliphatic heterocycles. The van der Waals surface area contributed by atoms with Crippen molar-refractivity contribution in [2.24, 2.45) is 0 Å². The summed E-state index contributed by atoms with van der Waals surface area (Å²) >= 11 is 12.1. The summed E-state index contributed by atoms with van der Waals surface area (Å²) in [5, 5.41) is 2.82. The standard InChI is InChI=1S/C31H28Cl2FN3O4S/c1-35-31(39)29(18-22-8-4-2-5-9-22)36(20-23-12-14-24(32)15-13-23)30(38)21-37(25-16-17-28(34)27(33)19-25)42(40,41)26-10-6-3-7-11-26/h2-17,19,29H,18,20-21H2,1H3,(H,35,39). The lowest BCUT2D eigenvalue weighted by molar-refractivity contribution is -0.139. The van der Waals surface area contributed by atoms with Gasteiger partial charge in [-0.25, -0.2) is 12.8 Å². The van der Waals surface area contributed by atoms with Gasteiger partial charge in [0.25, 0.3) is 10.0 Å². The maximum absolute atomic E-state index is 14.2. The van der Waals surface area contributed by atoms with Crippen LogP contribution in [0.3, 0.4) is 0 Å². The zero-order valence-corrected chi connectivity index (χ0v) is 24.9. The van der Waals surface area contributed by atoms with Crippen molar-refractivity contribution in [2.75, 3.05) is 17.9 Å². The molecular formula is C31H28Cl2FN3O4S. The van der Waals surface area contributed by atoms with Crippen molar-refractivity contribution in [1.82, 2.24) is 10.2 Å². The van der Waals surface area contributed by atoms with Gasteiger partial charge in [0.05, 0.1) is 15.6 Å². The number of halogens is 3. The van der Waals surface area contributed by atoms with Gasteiger partial charge in [-0.15, -0.1) is 0 Å². The van der Waals surface area contributed by atoms with Gasteiger partial charge in [-0.2, -0.15) is 0 Å². The van der Waals surface area contributed by atoms with Gasteiger partial charge in [0.2, 0.25) is 11.8 Å². The Kier molecular flexibility index (Phi) is 10.2. The summed E-state index contributed by atoms with van der Waals surface area (Å²) in [5.74, 6) is -1.83. The van der Waals surface area contributed by atoms with Crippen molar-refractivity contribution in [3.8, 4) is 0 Å². The molecule has 0 saturated carbocycles.